The van der Waals surface area contributed by atoms with Crippen molar-refractivity contribution in [3.8, 4) is 11.8 Å². The Labute approximate surface area is 156 Å². The summed E-state index contributed by atoms with van der Waals surface area (Å²) in [6.07, 6.45) is 5.71. The van der Waals surface area contributed by atoms with Crippen LogP contribution in [0.3, 0.4) is 0 Å². The lowest BCUT2D eigenvalue weighted by Crippen LogP contribution is -2.47. The van der Waals surface area contributed by atoms with Crippen molar-refractivity contribution >= 4 is 8.32 Å². The predicted molar refractivity (Wildman–Crippen MR) is 111 cm³/mol. The summed E-state index contributed by atoms with van der Waals surface area (Å²) in [5.74, 6) is 8.31. The van der Waals surface area contributed by atoms with Crippen molar-refractivity contribution in [3.05, 3.63) is 47.7 Å². The highest BCUT2D eigenvalue weighted by Gasteiger charge is 2.47. The second-order valence-corrected chi connectivity index (χ2v) is 13.6. The van der Waals surface area contributed by atoms with Gasteiger partial charge >= 0.3 is 0 Å². The van der Waals surface area contributed by atoms with Crippen molar-refractivity contribution in [2.75, 3.05) is 0 Å². The quantitative estimate of drug-likeness (QED) is 0.412. The molecule has 1 nitrogen and oxygen atoms in total. The second kappa shape index (κ2) is 8.76. The molecular formula is C23H34OSi. The van der Waals surface area contributed by atoms with Gasteiger partial charge in [-0.3, -0.25) is 0 Å². The number of allylic oxidation sites excluding steroid dienone is 2. The van der Waals surface area contributed by atoms with E-state index >= 15 is 0 Å². The molecule has 0 fully saturated rings. The van der Waals surface area contributed by atoms with Gasteiger partial charge in [0.05, 0.1) is 5.76 Å². The number of hydrogen-bond donors (Lipinski definition) is 0. The Hall–Kier alpha value is -1.46. The van der Waals surface area contributed by atoms with Gasteiger partial charge in [0.15, 0.2) is 0 Å². The van der Waals surface area contributed by atoms with Gasteiger partial charge in [-0.25, -0.2) is 0 Å². The molecule has 0 saturated carbocycles. The average Bonchev–Trinajstić information content (AvgIpc) is 2.58. The van der Waals surface area contributed by atoms with Crippen molar-refractivity contribution in [1.82, 2.24) is 0 Å². The molecule has 2 heteroatoms. The van der Waals surface area contributed by atoms with E-state index in [1.165, 1.54) is 12.2 Å². The van der Waals surface area contributed by atoms with Gasteiger partial charge in [0.1, 0.15) is 0 Å². The Morgan fingerprint density at radius 1 is 0.960 bits per heavy atom. The third-order valence-electron chi connectivity index (χ3n) is 5.52. The van der Waals surface area contributed by atoms with Crippen LogP contribution in [0.2, 0.25) is 16.6 Å². The zero-order chi connectivity index (χ0) is 18.4. The third-order valence-corrected chi connectivity index (χ3v) is 11.5. The molecular weight excluding hydrogens is 320 g/mol. The molecule has 0 aromatic heterocycles. The van der Waals surface area contributed by atoms with E-state index < -0.39 is 8.32 Å². The zero-order valence-electron chi connectivity index (χ0n) is 16.8. The monoisotopic (exact) mass is 354 g/mol. The van der Waals surface area contributed by atoms with Crippen LogP contribution in [0.5, 0.6) is 0 Å². The molecule has 1 aliphatic rings. The lowest BCUT2D eigenvalue weighted by atomic mass is 9.95. The first kappa shape index (κ1) is 19.9. The molecule has 136 valence electrons. The highest BCUT2D eigenvalue weighted by molar-refractivity contribution is 6.77. The molecule has 0 aliphatic heterocycles. The predicted octanol–water partition coefficient (Wildman–Crippen LogP) is 6.91. The van der Waals surface area contributed by atoms with Gasteiger partial charge in [-0.2, -0.15) is 0 Å². The minimum atomic E-state index is -1.85. The minimum absolute atomic E-state index is 0.321. The summed E-state index contributed by atoms with van der Waals surface area (Å²) in [5, 5.41) is 0. The molecule has 1 aromatic carbocycles. The van der Waals surface area contributed by atoms with Gasteiger partial charge in [0.25, 0.3) is 8.32 Å². The van der Waals surface area contributed by atoms with Gasteiger partial charge in [-0.1, -0.05) is 71.6 Å². The fourth-order valence-corrected chi connectivity index (χ4v) is 9.70. The van der Waals surface area contributed by atoms with Crippen LogP contribution in [-0.2, 0) is 4.43 Å². The highest BCUT2D eigenvalue weighted by Crippen LogP contribution is 2.44. The first-order valence-electron chi connectivity index (χ1n) is 9.82. The summed E-state index contributed by atoms with van der Waals surface area (Å²) >= 11 is 0. The van der Waals surface area contributed by atoms with Crippen LogP contribution in [0.1, 0.15) is 66.4 Å². The van der Waals surface area contributed by atoms with E-state index in [2.05, 4.69) is 71.6 Å². The maximum Gasteiger partial charge on any atom is 0.258 e. The smallest absolute Gasteiger partial charge is 0.258 e. The van der Waals surface area contributed by atoms with Gasteiger partial charge in [0, 0.05) is 17.9 Å². The molecule has 1 aromatic rings. The van der Waals surface area contributed by atoms with Crippen molar-refractivity contribution in [1.29, 1.82) is 0 Å². The Bertz CT molecular complexity index is 609. The Balaban J connectivity index is 2.21. The van der Waals surface area contributed by atoms with Gasteiger partial charge in [-0.15, -0.1) is 0 Å². The van der Waals surface area contributed by atoms with E-state index in [0.717, 1.165) is 18.4 Å². The van der Waals surface area contributed by atoms with Crippen LogP contribution in [-0.4, -0.2) is 8.32 Å². The lowest BCUT2D eigenvalue weighted by molar-refractivity contribution is 0.334. The van der Waals surface area contributed by atoms with Gasteiger partial charge < -0.3 is 4.43 Å². The fourth-order valence-electron chi connectivity index (χ4n) is 4.36. The van der Waals surface area contributed by atoms with Crippen LogP contribution in [0.25, 0.3) is 0 Å². The standard InChI is InChI=1S/C23H34OSi/c1-18(2)25(19(3)4,20(5)6)24-23-14-10-13-22(17-23)16-15-21-11-8-7-9-12-21/h7-9,11-12,17-20,22H,10,13-14H2,1-6H3. The van der Waals surface area contributed by atoms with Crippen LogP contribution >= 0.6 is 0 Å². The summed E-state index contributed by atoms with van der Waals surface area (Å²) in [6.45, 7) is 14.1. The Morgan fingerprint density at radius 3 is 2.12 bits per heavy atom. The maximum atomic E-state index is 6.88. The molecule has 0 saturated heterocycles. The fraction of sp³-hybridized carbons (Fsp3) is 0.565. The first-order valence-corrected chi connectivity index (χ1v) is 12.0. The molecule has 25 heavy (non-hydrogen) atoms. The molecule has 0 amide bonds. The summed E-state index contributed by atoms with van der Waals surface area (Å²) < 4.78 is 6.88. The van der Waals surface area contributed by atoms with E-state index in [4.69, 9.17) is 4.43 Å². The van der Waals surface area contributed by atoms with Gasteiger partial charge in [0.2, 0.25) is 0 Å². The summed E-state index contributed by atoms with van der Waals surface area (Å²) in [7, 11) is -1.85. The second-order valence-electron chi connectivity index (χ2n) is 8.19. The van der Waals surface area contributed by atoms with Crippen molar-refractivity contribution < 1.29 is 4.43 Å². The average molecular weight is 355 g/mol. The minimum Gasteiger partial charge on any atom is -0.546 e. The topological polar surface area (TPSA) is 9.23 Å². The summed E-state index contributed by atoms with van der Waals surface area (Å²) in [6, 6.07) is 10.3. The van der Waals surface area contributed by atoms with Crippen molar-refractivity contribution in [2.45, 2.75) is 77.4 Å². The van der Waals surface area contributed by atoms with Crippen LogP contribution in [0, 0.1) is 17.8 Å². The molecule has 0 radical (unpaired) electrons. The zero-order valence-corrected chi connectivity index (χ0v) is 17.8. The number of benzene rings is 1. The van der Waals surface area contributed by atoms with Crippen molar-refractivity contribution in [3.63, 3.8) is 0 Å². The summed E-state index contributed by atoms with van der Waals surface area (Å²) in [4.78, 5) is 0. The van der Waals surface area contributed by atoms with Gasteiger partial charge in [-0.05, 0) is 47.7 Å². The van der Waals surface area contributed by atoms with Crippen molar-refractivity contribution in [2.24, 2.45) is 5.92 Å². The van der Waals surface area contributed by atoms with Crippen LogP contribution < -0.4 is 0 Å². The molecule has 1 atom stereocenters. The third kappa shape index (κ3) is 4.79. The Morgan fingerprint density at radius 2 is 1.56 bits per heavy atom. The van der Waals surface area contributed by atoms with E-state index in [1.54, 1.807) is 0 Å². The number of rotatable bonds is 5. The molecule has 2 rings (SSSR count). The first-order chi connectivity index (χ1) is 11.9. The molecule has 1 aliphatic carbocycles. The molecule has 1 unspecified atom stereocenters. The normalized spacial score (nSPS) is 18.1. The Kier molecular flexibility index (Phi) is 6.96. The van der Waals surface area contributed by atoms with E-state index in [9.17, 15) is 0 Å². The van der Waals surface area contributed by atoms with Crippen LogP contribution in [0.15, 0.2) is 42.2 Å². The molecule has 0 bridgehead atoms. The largest absolute Gasteiger partial charge is 0.546 e. The number of hydrogen-bond acceptors (Lipinski definition) is 1. The molecule has 0 N–H and O–H groups in total. The highest BCUT2D eigenvalue weighted by atomic mass is 28.4. The van der Waals surface area contributed by atoms with E-state index in [0.29, 0.717) is 22.5 Å². The molecule has 0 spiro atoms. The van der Waals surface area contributed by atoms with E-state index in [1.807, 2.05) is 18.2 Å². The van der Waals surface area contributed by atoms with E-state index in [-0.39, 0.29) is 0 Å². The summed E-state index contributed by atoms with van der Waals surface area (Å²) in [5.41, 5.74) is 2.94. The molecule has 0 heterocycles. The van der Waals surface area contributed by atoms with Crippen LogP contribution in [0.4, 0.5) is 0 Å². The lowest BCUT2D eigenvalue weighted by Gasteiger charge is -2.43. The maximum absolute atomic E-state index is 6.88. The SMILES string of the molecule is CC(C)[Si](OC1=CC(C#Cc2ccccc2)CCC1)(C(C)C)C(C)C.